The maximum absolute atomic E-state index is 14.3. The molecule has 12 heteroatoms. The van der Waals surface area contributed by atoms with Gasteiger partial charge in [-0.25, -0.2) is 8.42 Å². The monoisotopic (exact) mass is 724 g/mol. The number of amides is 1. The van der Waals surface area contributed by atoms with Gasteiger partial charge in [-0.05, 0) is 61.4 Å². The Kier molecular flexibility index (Phi) is 13.4. The van der Waals surface area contributed by atoms with Gasteiger partial charge in [-0.1, -0.05) is 70.4 Å². The summed E-state index contributed by atoms with van der Waals surface area (Å²) in [6, 6.07) is 17.7. The summed E-state index contributed by atoms with van der Waals surface area (Å²) in [5.74, 6) is -2.99. The first kappa shape index (κ1) is 38.8. The van der Waals surface area contributed by atoms with Crippen molar-refractivity contribution in [3.05, 3.63) is 72.3 Å². The van der Waals surface area contributed by atoms with Gasteiger partial charge in [0, 0.05) is 30.1 Å². The van der Waals surface area contributed by atoms with E-state index >= 15 is 0 Å². The van der Waals surface area contributed by atoms with E-state index in [1.54, 1.807) is 6.92 Å². The van der Waals surface area contributed by atoms with Crippen molar-refractivity contribution in [2.75, 3.05) is 30.1 Å². The first-order valence-corrected chi connectivity index (χ1v) is 20.0. The summed E-state index contributed by atoms with van der Waals surface area (Å²) in [5, 5.41) is 22.0. The summed E-state index contributed by atoms with van der Waals surface area (Å²) in [5.41, 5.74) is 1.36. The van der Waals surface area contributed by atoms with E-state index in [0.29, 0.717) is 22.7 Å². The number of carbonyl (C=O) groups excluding carboxylic acids is 2. The van der Waals surface area contributed by atoms with Gasteiger partial charge in [0.1, 0.15) is 17.5 Å². The van der Waals surface area contributed by atoms with Gasteiger partial charge < -0.3 is 25.2 Å². The van der Waals surface area contributed by atoms with E-state index in [1.165, 1.54) is 42.1 Å². The Bertz CT molecular complexity index is 1750. The second kappa shape index (κ2) is 17.3. The molecule has 1 heterocycles. The van der Waals surface area contributed by atoms with Crippen LogP contribution >= 0.6 is 11.8 Å². The number of hydrogen-bond donors (Lipinski definition) is 3. The van der Waals surface area contributed by atoms with E-state index in [4.69, 9.17) is 4.74 Å². The van der Waals surface area contributed by atoms with Crippen LogP contribution in [0.3, 0.4) is 0 Å². The van der Waals surface area contributed by atoms with Crippen molar-refractivity contribution in [2.45, 2.75) is 81.5 Å². The average molecular weight is 725 g/mol. The van der Waals surface area contributed by atoms with Crippen LogP contribution in [0.4, 0.5) is 11.4 Å². The number of ether oxygens (including phenoxy) is 1. The molecule has 0 fully saturated rings. The molecule has 1 aliphatic rings. The quantitative estimate of drug-likeness (QED) is 0.121. The lowest BCUT2D eigenvalue weighted by atomic mass is 9.79. The summed E-state index contributed by atoms with van der Waals surface area (Å²) in [7, 11) is -3.80. The number of rotatable bonds is 17. The highest BCUT2D eigenvalue weighted by molar-refractivity contribution is 7.98. The number of sulfone groups is 1. The van der Waals surface area contributed by atoms with Crippen molar-refractivity contribution in [3.8, 4) is 11.5 Å². The van der Waals surface area contributed by atoms with Crippen molar-refractivity contribution < 1.29 is 37.8 Å². The smallest absolute Gasteiger partial charge is 0.306 e. The van der Waals surface area contributed by atoms with Crippen LogP contribution in [0.15, 0.2) is 76.5 Å². The number of unbranched alkanes of at least 4 members (excludes halogenated alkanes) is 1. The van der Waals surface area contributed by atoms with Crippen LogP contribution in [0, 0.1) is 11.3 Å². The van der Waals surface area contributed by atoms with Gasteiger partial charge in [0.05, 0.1) is 27.1 Å². The Balaban J connectivity index is 1.68. The number of Topliss-reactive ketones (excluding diaryl/α,β-unsaturated/α-hetero) is 1. The molecule has 1 aliphatic heterocycles. The van der Waals surface area contributed by atoms with Gasteiger partial charge in [-0.2, -0.15) is 0 Å². The van der Waals surface area contributed by atoms with Crippen LogP contribution in [-0.2, 0) is 24.2 Å². The molecule has 3 N–H and O–H groups in total. The predicted octanol–water partition coefficient (Wildman–Crippen LogP) is 7.32. The molecule has 0 saturated carbocycles. The Labute approximate surface area is 299 Å². The van der Waals surface area contributed by atoms with Crippen LogP contribution in [0.5, 0.6) is 11.5 Å². The Morgan fingerprint density at radius 1 is 1.00 bits per heavy atom. The zero-order valence-electron chi connectivity index (χ0n) is 29.2. The summed E-state index contributed by atoms with van der Waals surface area (Å²) in [6.45, 7) is 5.89. The fourth-order valence-electron chi connectivity index (χ4n) is 6.69. The second-order valence-corrected chi connectivity index (χ2v) is 15.8. The largest absolute Gasteiger partial charge is 0.508 e. The van der Waals surface area contributed by atoms with Gasteiger partial charge in [0.15, 0.2) is 22.2 Å². The number of nitrogens with one attached hydrogen (secondary N) is 1. The van der Waals surface area contributed by atoms with Crippen molar-refractivity contribution in [1.82, 2.24) is 5.32 Å². The average Bonchev–Trinajstić information content (AvgIpc) is 3.19. The SMILES string of the molecule is CCCCC1(CCC)CN(c2ccccc2)c2cc(SC)c(OCC(=O)N[C@@H](C(=O)C[C@@H](CC)C(=O)O)c3ccc(O)cc3)cc2S(=O)(=O)C1. The maximum atomic E-state index is 14.3. The lowest BCUT2D eigenvalue weighted by Gasteiger charge is -2.37. The first-order valence-electron chi connectivity index (χ1n) is 17.1. The number of ketones is 1. The van der Waals surface area contributed by atoms with Crippen LogP contribution in [0.2, 0.25) is 0 Å². The number of thioether (sulfide) groups is 1. The molecular weight excluding hydrogens is 677 g/mol. The number of aromatic hydroxyl groups is 1. The van der Waals surface area contributed by atoms with Crippen molar-refractivity contribution in [2.24, 2.45) is 11.3 Å². The van der Waals surface area contributed by atoms with E-state index in [1.807, 2.05) is 42.7 Å². The first-order chi connectivity index (χ1) is 23.9. The topological polar surface area (TPSA) is 150 Å². The summed E-state index contributed by atoms with van der Waals surface area (Å²) >= 11 is 1.37. The molecule has 0 aromatic heterocycles. The van der Waals surface area contributed by atoms with E-state index in [-0.39, 0.29) is 35.0 Å². The lowest BCUT2D eigenvalue weighted by molar-refractivity contribution is -0.144. The molecule has 0 bridgehead atoms. The molecule has 1 amide bonds. The minimum Gasteiger partial charge on any atom is -0.508 e. The minimum absolute atomic E-state index is 0.00572. The van der Waals surface area contributed by atoms with E-state index in [2.05, 4.69) is 24.1 Å². The highest BCUT2D eigenvalue weighted by Gasteiger charge is 2.42. The number of hydrogen-bond acceptors (Lipinski definition) is 9. The van der Waals surface area contributed by atoms with E-state index in [9.17, 15) is 33.0 Å². The lowest BCUT2D eigenvalue weighted by Crippen LogP contribution is -2.38. The molecule has 3 aromatic rings. The number of carboxylic acids is 1. The molecule has 3 aromatic carbocycles. The third-order valence-electron chi connectivity index (χ3n) is 9.27. The molecule has 3 atom stereocenters. The third-order valence-corrected chi connectivity index (χ3v) is 12.0. The fourth-order valence-corrected chi connectivity index (χ4v) is 9.35. The zero-order chi connectivity index (χ0) is 36.5. The molecule has 270 valence electrons. The maximum Gasteiger partial charge on any atom is 0.306 e. The van der Waals surface area contributed by atoms with Crippen LogP contribution < -0.4 is 15.0 Å². The molecule has 50 heavy (non-hydrogen) atoms. The number of fused-ring (bicyclic) bond motifs is 1. The summed E-state index contributed by atoms with van der Waals surface area (Å²) in [4.78, 5) is 41.2. The normalized spacial score (nSPS) is 18.0. The van der Waals surface area contributed by atoms with Crippen LogP contribution in [0.25, 0.3) is 0 Å². The molecule has 0 spiro atoms. The number of benzene rings is 3. The zero-order valence-corrected chi connectivity index (χ0v) is 30.8. The number of aliphatic carboxylic acids is 1. The Morgan fingerprint density at radius 2 is 1.70 bits per heavy atom. The second-order valence-electron chi connectivity index (χ2n) is 13.0. The number of nitrogens with zero attached hydrogens (tertiary/aromatic N) is 1. The standard InChI is InChI=1S/C38H48N2O8S2/c1-5-8-19-38(18-6-2)24-40(28-12-10-9-11-13-28)30-21-33(49-4)32(22-34(30)50(46,47)25-38)48-23-35(43)39-36(27-14-16-29(41)17-15-27)31(42)20-26(7-3)37(44)45/h9-17,21-22,26,36,41H,5-8,18-20,23-25H2,1-4H3,(H,39,43)(H,44,45)/t26-,36-,38?/m1/s1. The molecule has 10 nitrogen and oxygen atoms in total. The van der Waals surface area contributed by atoms with Gasteiger partial charge >= 0.3 is 5.97 Å². The van der Waals surface area contributed by atoms with Crippen LogP contribution in [-0.4, -0.2) is 61.5 Å². The molecule has 4 rings (SSSR count). The van der Waals surface area contributed by atoms with Crippen molar-refractivity contribution >= 4 is 50.6 Å². The molecule has 0 radical (unpaired) electrons. The molecular formula is C38H48N2O8S2. The highest BCUT2D eigenvalue weighted by atomic mass is 32.2. The van der Waals surface area contributed by atoms with Gasteiger partial charge in [0.2, 0.25) is 0 Å². The van der Waals surface area contributed by atoms with Gasteiger partial charge in [-0.15, -0.1) is 11.8 Å². The van der Waals surface area contributed by atoms with Crippen molar-refractivity contribution in [3.63, 3.8) is 0 Å². The third kappa shape index (κ3) is 9.39. The van der Waals surface area contributed by atoms with E-state index in [0.717, 1.165) is 37.8 Å². The molecule has 1 unspecified atom stereocenters. The van der Waals surface area contributed by atoms with E-state index < -0.39 is 51.5 Å². The van der Waals surface area contributed by atoms with Gasteiger partial charge in [-0.3, -0.25) is 14.4 Å². The number of phenols is 1. The number of carbonyl (C=O) groups is 3. The molecule has 0 aliphatic carbocycles. The fraction of sp³-hybridized carbons (Fsp3) is 0.447. The van der Waals surface area contributed by atoms with Crippen LogP contribution in [0.1, 0.15) is 77.3 Å². The molecule has 0 saturated heterocycles. The minimum atomic E-state index is -3.80. The van der Waals surface area contributed by atoms with Crippen molar-refractivity contribution in [1.29, 1.82) is 0 Å². The number of carboxylic acid groups (broad SMARTS) is 1. The number of para-hydroxylation sites is 1. The number of phenolic OH excluding ortho intramolecular Hbond substituents is 1. The summed E-state index contributed by atoms with van der Waals surface area (Å²) in [6.07, 6.45) is 6.04. The highest BCUT2D eigenvalue weighted by Crippen LogP contribution is 2.47. The Hall–Kier alpha value is -4.03. The number of anilines is 2. The summed E-state index contributed by atoms with van der Waals surface area (Å²) < 4.78 is 34.6. The predicted molar refractivity (Wildman–Crippen MR) is 196 cm³/mol. The van der Waals surface area contributed by atoms with Gasteiger partial charge in [0.25, 0.3) is 5.91 Å². The Morgan fingerprint density at radius 3 is 2.30 bits per heavy atom.